The Morgan fingerprint density at radius 2 is 1.06 bits per heavy atom. The molecule has 0 atom stereocenters. The van der Waals surface area contributed by atoms with E-state index in [1.54, 1.807) is 36.4 Å². The Hall–Kier alpha value is -5.06. The molecule has 3 aromatic carbocycles. The molecule has 0 amide bonds. The molecule has 36 heavy (non-hydrogen) atoms. The standard InChI is InChI=1S/C25H18BN3O7/c1-17-24-3-2-16-36(24)26(19-6-12-22(13-7-19)28(32)33,20-8-14-23(15-9-20)29(34)35)25(17)18-4-10-21(11-5-18)27(30)31/h2-16H,1H3. The van der Waals surface area contributed by atoms with Crippen molar-refractivity contribution in [3.63, 3.8) is 0 Å². The minimum Gasteiger partial charge on any atom is -0.777 e. The molecule has 1 aliphatic rings. The van der Waals surface area contributed by atoms with E-state index in [4.69, 9.17) is 0 Å². The summed E-state index contributed by atoms with van der Waals surface area (Å²) in [5.74, 6) is 0.833. The van der Waals surface area contributed by atoms with Gasteiger partial charge in [-0.15, -0.1) is 0 Å². The maximum Gasteiger partial charge on any atom is 0.420 e. The molecule has 2 heterocycles. The number of rotatable bonds is 6. The molecular weight excluding hydrogens is 465 g/mol. The Balaban J connectivity index is 1.84. The van der Waals surface area contributed by atoms with Gasteiger partial charge >= 0.3 is 6.35 Å². The summed E-state index contributed by atoms with van der Waals surface area (Å²) in [5, 5.41) is 33.9. The first-order chi connectivity index (χ1) is 17.2. The van der Waals surface area contributed by atoms with Gasteiger partial charge in [-0.2, -0.15) is 0 Å². The minimum absolute atomic E-state index is 0.0500. The van der Waals surface area contributed by atoms with Crippen LogP contribution in [0.25, 0.3) is 11.0 Å². The molecule has 0 spiro atoms. The van der Waals surface area contributed by atoms with Crippen LogP contribution in [0.4, 0.5) is 17.1 Å². The van der Waals surface area contributed by atoms with Gasteiger partial charge < -0.3 is 3.96 Å². The second-order valence-corrected chi connectivity index (χ2v) is 8.56. The summed E-state index contributed by atoms with van der Waals surface area (Å²) in [5.41, 5.74) is 3.73. The van der Waals surface area contributed by atoms with Gasteiger partial charge in [-0.05, 0) is 12.5 Å². The summed E-state index contributed by atoms with van der Waals surface area (Å²) < 4.78 is 3.19. The number of nitrogens with zero attached hydrogens (tertiary/aromatic N) is 3. The summed E-state index contributed by atoms with van der Waals surface area (Å²) in [4.78, 5) is 32.5. The van der Waals surface area contributed by atoms with Crippen LogP contribution in [-0.2, 0) is 0 Å². The zero-order valence-electron chi connectivity index (χ0n) is 18.9. The fourth-order valence-corrected chi connectivity index (χ4v) is 5.30. The van der Waals surface area contributed by atoms with Gasteiger partial charge in [0.1, 0.15) is 0 Å². The van der Waals surface area contributed by atoms with E-state index in [0.717, 1.165) is 33.3 Å². The molecule has 1 aliphatic heterocycles. The molecule has 0 N–H and O–H groups in total. The Bertz CT molecular complexity index is 1500. The van der Waals surface area contributed by atoms with E-state index < -0.39 is 21.1 Å². The lowest BCUT2D eigenvalue weighted by Gasteiger charge is -2.38. The molecule has 0 unspecified atom stereocenters. The van der Waals surface area contributed by atoms with E-state index in [0.29, 0.717) is 0 Å². The van der Waals surface area contributed by atoms with Crippen LogP contribution in [0.2, 0.25) is 0 Å². The number of fused-ring (bicyclic) bond motifs is 1. The number of benzene rings is 3. The van der Waals surface area contributed by atoms with Crippen LogP contribution in [0.1, 0.15) is 18.2 Å². The Kier molecular flexibility index (Phi) is 5.25. The summed E-state index contributed by atoms with van der Waals surface area (Å²) in [6.07, 6.45) is -0.245. The molecule has 0 bridgehead atoms. The molecular formula is C25H18BN3O7. The maximum atomic E-state index is 11.3. The van der Waals surface area contributed by atoms with Gasteiger partial charge in [0.25, 0.3) is 17.1 Å². The van der Waals surface area contributed by atoms with E-state index in [-0.39, 0.29) is 17.1 Å². The molecule has 0 fully saturated rings. The van der Waals surface area contributed by atoms with Crippen molar-refractivity contribution in [2.24, 2.45) is 0 Å². The molecule has 11 heteroatoms. The van der Waals surface area contributed by atoms with Crippen molar-refractivity contribution in [2.75, 3.05) is 0 Å². The Morgan fingerprint density at radius 1 is 0.639 bits per heavy atom. The number of non-ortho nitro benzene ring substituents is 3. The van der Waals surface area contributed by atoms with Crippen LogP contribution in [-0.4, -0.2) is 21.1 Å². The first kappa shape index (κ1) is 22.7. The van der Waals surface area contributed by atoms with E-state index in [1.165, 1.54) is 36.4 Å². The number of furan rings is 1. The average molecular weight is 483 g/mol. The zero-order chi connectivity index (χ0) is 25.6. The predicted molar refractivity (Wildman–Crippen MR) is 136 cm³/mol. The SMILES string of the molecule is CC1=C(c2ccc([N+](=O)[O-])cc2)[B-](c2ccc([N+](=O)[O-])cc2)(c2ccc([N+](=O)[O-])cc2)[o+]2cccc21. The van der Waals surface area contributed by atoms with E-state index in [1.807, 2.05) is 25.3 Å². The van der Waals surface area contributed by atoms with E-state index >= 15 is 0 Å². The van der Waals surface area contributed by atoms with Gasteiger partial charge in [-0.25, -0.2) is 0 Å². The molecule has 178 valence electrons. The highest BCUT2D eigenvalue weighted by Crippen LogP contribution is 2.47. The quantitative estimate of drug-likeness (QED) is 0.168. The average Bonchev–Trinajstić information content (AvgIpc) is 3.45. The van der Waals surface area contributed by atoms with Crippen molar-refractivity contribution >= 4 is 45.4 Å². The van der Waals surface area contributed by atoms with Crippen LogP contribution in [0, 0.1) is 30.3 Å². The topological polar surface area (TPSA) is 132 Å². The van der Waals surface area contributed by atoms with Crippen molar-refractivity contribution in [2.45, 2.75) is 6.92 Å². The van der Waals surface area contributed by atoms with Gasteiger partial charge in [-0.3, -0.25) is 30.3 Å². The lowest BCUT2D eigenvalue weighted by molar-refractivity contribution is -0.385. The van der Waals surface area contributed by atoms with Crippen molar-refractivity contribution in [1.29, 1.82) is 0 Å². The normalized spacial score (nSPS) is 13.9. The van der Waals surface area contributed by atoms with Gasteiger partial charge in [0, 0.05) is 54.1 Å². The lowest BCUT2D eigenvalue weighted by atomic mass is 9.27. The molecule has 1 aromatic heterocycles. The molecule has 0 saturated carbocycles. The molecule has 0 saturated heterocycles. The Morgan fingerprint density at radius 3 is 1.47 bits per heavy atom. The molecule has 0 aliphatic carbocycles. The van der Waals surface area contributed by atoms with Crippen LogP contribution >= 0.6 is 0 Å². The van der Waals surface area contributed by atoms with Crippen LogP contribution in [0.15, 0.2) is 95.2 Å². The van der Waals surface area contributed by atoms with Crippen molar-refractivity contribution in [1.82, 2.24) is 0 Å². The predicted octanol–water partition coefficient (Wildman–Crippen LogP) is 4.78. The van der Waals surface area contributed by atoms with Gasteiger partial charge in [0.05, 0.1) is 14.8 Å². The van der Waals surface area contributed by atoms with Gasteiger partial charge in [0.2, 0.25) is 5.76 Å². The largest absolute Gasteiger partial charge is 0.777 e. The number of nitro benzene ring substituents is 3. The number of hydrogen-bond donors (Lipinski definition) is 0. The van der Waals surface area contributed by atoms with E-state index in [9.17, 15) is 30.3 Å². The third-order valence-corrected chi connectivity index (χ3v) is 6.82. The monoisotopic (exact) mass is 483 g/mol. The lowest BCUT2D eigenvalue weighted by Crippen LogP contribution is -2.59. The number of allylic oxidation sites excluding steroid dienone is 1. The van der Waals surface area contributed by atoms with Crippen molar-refractivity contribution in [3.8, 4) is 0 Å². The van der Waals surface area contributed by atoms with Gasteiger partial charge in [0.15, 0.2) is 6.26 Å². The van der Waals surface area contributed by atoms with Crippen LogP contribution in [0.5, 0.6) is 0 Å². The molecule has 10 nitrogen and oxygen atoms in total. The second kappa shape index (κ2) is 8.31. The smallest absolute Gasteiger partial charge is 0.420 e. The molecule has 0 radical (unpaired) electrons. The summed E-state index contributed by atoms with van der Waals surface area (Å²) >= 11 is 0. The maximum absolute atomic E-state index is 11.3. The highest BCUT2D eigenvalue weighted by molar-refractivity contribution is 7.12. The van der Waals surface area contributed by atoms with E-state index in [2.05, 4.69) is 3.96 Å². The first-order valence-corrected chi connectivity index (χ1v) is 11.0. The highest BCUT2D eigenvalue weighted by atomic mass is 16.6. The summed E-state index contributed by atoms with van der Waals surface area (Å²) in [6, 6.07) is 22.4. The Labute approximate surface area is 204 Å². The first-order valence-electron chi connectivity index (χ1n) is 11.0. The summed E-state index contributed by atoms with van der Waals surface area (Å²) in [6.45, 7) is 1.94. The fourth-order valence-electron chi connectivity index (χ4n) is 5.30. The fraction of sp³-hybridized carbons (Fsp3) is 0.0400. The van der Waals surface area contributed by atoms with Crippen molar-refractivity contribution < 1.29 is 18.7 Å². The molecule has 4 aromatic rings. The summed E-state index contributed by atoms with van der Waals surface area (Å²) in [7, 11) is 0. The third-order valence-electron chi connectivity index (χ3n) is 6.82. The highest BCUT2D eigenvalue weighted by Gasteiger charge is 2.51. The minimum atomic E-state index is -2.08. The number of hydrogen-bond acceptors (Lipinski definition) is 6. The number of nitro groups is 3. The van der Waals surface area contributed by atoms with Gasteiger partial charge in [-0.1, -0.05) is 52.8 Å². The molecule has 5 rings (SSSR count). The zero-order valence-corrected chi connectivity index (χ0v) is 18.9. The van der Waals surface area contributed by atoms with Crippen LogP contribution in [0.3, 0.4) is 0 Å². The second-order valence-electron chi connectivity index (χ2n) is 8.56. The van der Waals surface area contributed by atoms with Crippen molar-refractivity contribution in [3.05, 3.63) is 133 Å². The van der Waals surface area contributed by atoms with Crippen LogP contribution < -0.4 is 10.9 Å². The third kappa shape index (κ3) is 3.29.